The minimum absolute atomic E-state index is 0.163. The van der Waals surface area contributed by atoms with E-state index in [9.17, 15) is 4.79 Å². The number of hydrogen-bond donors (Lipinski definition) is 1. The third kappa shape index (κ3) is 3.63. The fourth-order valence-electron chi connectivity index (χ4n) is 1.62. The maximum absolute atomic E-state index is 11.0. The first-order chi connectivity index (χ1) is 8.62. The van der Waals surface area contributed by atoms with Gasteiger partial charge in [-0.15, -0.1) is 0 Å². The van der Waals surface area contributed by atoms with E-state index >= 15 is 0 Å². The van der Waals surface area contributed by atoms with Gasteiger partial charge in [0.2, 0.25) is 0 Å². The molecular weight excluding hydrogens is 234 g/mol. The molecule has 0 fully saturated rings. The minimum atomic E-state index is -0.298. The van der Waals surface area contributed by atoms with Crippen LogP contribution in [-0.4, -0.2) is 33.8 Å². The van der Waals surface area contributed by atoms with Crippen LogP contribution in [0.4, 0.5) is 0 Å². The molecule has 1 aromatic rings. The molecule has 0 amide bonds. The molecule has 0 saturated heterocycles. The first kappa shape index (κ1) is 14.3. The molecule has 1 N–H and O–H groups in total. The molecule has 5 heteroatoms. The second-order valence-electron chi connectivity index (χ2n) is 3.81. The van der Waals surface area contributed by atoms with Crippen molar-refractivity contribution in [3.8, 4) is 11.5 Å². The van der Waals surface area contributed by atoms with Gasteiger partial charge >= 0.3 is 5.97 Å². The Morgan fingerprint density at radius 2 is 1.83 bits per heavy atom. The van der Waals surface area contributed by atoms with E-state index in [1.54, 1.807) is 14.2 Å². The van der Waals surface area contributed by atoms with E-state index < -0.39 is 0 Å². The predicted molar refractivity (Wildman–Crippen MR) is 68.0 cm³/mol. The van der Waals surface area contributed by atoms with Crippen LogP contribution in [0.5, 0.6) is 11.5 Å². The van der Waals surface area contributed by atoms with Gasteiger partial charge in [0.1, 0.15) is 11.5 Å². The van der Waals surface area contributed by atoms with Crippen molar-refractivity contribution >= 4 is 5.97 Å². The fraction of sp³-hybridized carbons (Fsp3) is 0.462. The maximum Gasteiger partial charge on any atom is 0.319 e. The van der Waals surface area contributed by atoms with Crippen LogP contribution in [-0.2, 0) is 16.1 Å². The van der Waals surface area contributed by atoms with Crippen molar-refractivity contribution in [3.63, 3.8) is 0 Å². The van der Waals surface area contributed by atoms with E-state index in [4.69, 9.17) is 9.47 Å². The number of methoxy groups -OCH3 is 3. The first-order valence-electron chi connectivity index (χ1n) is 5.61. The molecule has 0 atom stereocenters. The third-order valence-corrected chi connectivity index (χ3v) is 2.61. The highest BCUT2D eigenvalue weighted by Gasteiger charge is 2.09. The predicted octanol–water partition coefficient (Wildman–Crippen LogP) is 1.27. The van der Waals surface area contributed by atoms with E-state index in [1.165, 1.54) is 7.11 Å². The van der Waals surface area contributed by atoms with Crippen molar-refractivity contribution in [2.24, 2.45) is 0 Å². The van der Waals surface area contributed by atoms with Gasteiger partial charge in [-0.1, -0.05) is 0 Å². The van der Waals surface area contributed by atoms with Crippen LogP contribution in [0, 0.1) is 6.92 Å². The number of carbonyl (C=O) groups excluding carboxylic acids is 1. The lowest BCUT2D eigenvalue weighted by Gasteiger charge is -2.13. The first-order valence-corrected chi connectivity index (χ1v) is 5.61. The molecule has 18 heavy (non-hydrogen) atoms. The second-order valence-corrected chi connectivity index (χ2v) is 3.81. The molecule has 5 nitrogen and oxygen atoms in total. The lowest BCUT2D eigenvalue weighted by molar-refractivity contribution is -0.139. The van der Waals surface area contributed by atoms with E-state index in [0.29, 0.717) is 6.54 Å². The van der Waals surface area contributed by atoms with E-state index in [-0.39, 0.29) is 12.5 Å². The second kappa shape index (κ2) is 6.86. The van der Waals surface area contributed by atoms with E-state index in [0.717, 1.165) is 22.6 Å². The molecular formula is C13H19NO4. The standard InChI is InChI=1S/C13H19NO4/c1-9-5-12(17-3)10(6-11(9)16-2)7-14-8-13(15)18-4/h5-6,14H,7-8H2,1-4H3. The molecule has 0 saturated carbocycles. The number of ether oxygens (including phenoxy) is 3. The van der Waals surface area contributed by atoms with Crippen LogP contribution in [0.1, 0.15) is 11.1 Å². The summed E-state index contributed by atoms with van der Waals surface area (Å²) in [6.45, 7) is 2.62. The average molecular weight is 253 g/mol. The largest absolute Gasteiger partial charge is 0.496 e. The quantitative estimate of drug-likeness (QED) is 0.774. The van der Waals surface area contributed by atoms with Crippen molar-refractivity contribution in [2.45, 2.75) is 13.5 Å². The van der Waals surface area contributed by atoms with Gasteiger partial charge in [-0.3, -0.25) is 4.79 Å². The fourth-order valence-corrected chi connectivity index (χ4v) is 1.62. The normalized spacial score (nSPS) is 10.0. The van der Waals surface area contributed by atoms with E-state index in [2.05, 4.69) is 10.1 Å². The van der Waals surface area contributed by atoms with Crippen molar-refractivity contribution in [2.75, 3.05) is 27.9 Å². The molecule has 0 heterocycles. The van der Waals surface area contributed by atoms with Crippen molar-refractivity contribution in [1.29, 1.82) is 0 Å². The van der Waals surface area contributed by atoms with Crippen LogP contribution >= 0.6 is 0 Å². The van der Waals surface area contributed by atoms with Gasteiger partial charge in [-0.25, -0.2) is 0 Å². The molecule has 0 aliphatic heterocycles. The summed E-state index contributed by atoms with van der Waals surface area (Å²) in [6.07, 6.45) is 0. The molecule has 0 aliphatic rings. The maximum atomic E-state index is 11.0. The number of carbonyl (C=O) groups is 1. The van der Waals surface area contributed by atoms with Gasteiger partial charge in [0.05, 0.1) is 27.9 Å². The zero-order valence-electron chi connectivity index (χ0n) is 11.2. The van der Waals surface area contributed by atoms with Gasteiger partial charge in [0.25, 0.3) is 0 Å². The Morgan fingerprint density at radius 1 is 1.17 bits per heavy atom. The number of hydrogen-bond acceptors (Lipinski definition) is 5. The van der Waals surface area contributed by atoms with Gasteiger partial charge in [-0.2, -0.15) is 0 Å². The molecule has 0 bridgehead atoms. The lowest BCUT2D eigenvalue weighted by atomic mass is 10.1. The van der Waals surface area contributed by atoms with Crippen LogP contribution in [0.2, 0.25) is 0 Å². The third-order valence-electron chi connectivity index (χ3n) is 2.61. The molecule has 1 rings (SSSR count). The highest BCUT2D eigenvalue weighted by molar-refractivity contribution is 5.71. The summed E-state index contributed by atoms with van der Waals surface area (Å²) in [5.41, 5.74) is 1.94. The summed E-state index contributed by atoms with van der Waals surface area (Å²) in [4.78, 5) is 11.0. The zero-order valence-corrected chi connectivity index (χ0v) is 11.2. The lowest BCUT2D eigenvalue weighted by Crippen LogP contribution is -2.23. The minimum Gasteiger partial charge on any atom is -0.496 e. The molecule has 0 unspecified atom stereocenters. The summed E-state index contributed by atoms with van der Waals surface area (Å²) in [7, 11) is 4.60. The number of nitrogens with one attached hydrogen (secondary N) is 1. The number of esters is 1. The summed E-state index contributed by atoms with van der Waals surface area (Å²) in [5, 5.41) is 2.99. The van der Waals surface area contributed by atoms with Crippen LogP contribution in [0.3, 0.4) is 0 Å². The summed E-state index contributed by atoms with van der Waals surface area (Å²) in [5.74, 6) is 1.27. The van der Waals surface area contributed by atoms with Crippen LogP contribution < -0.4 is 14.8 Å². The molecule has 0 aliphatic carbocycles. The Balaban J connectivity index is 2.76. The Kier molecular flexibility index (Phi) is 5.45. The Bertz CT molecular complexity index is 418. The van der Waals surface area contributed by atoms with E-state index in [1.807, 2.05) is 19.1 Å². The average Bonchev–Trinajstić information content (AvgIpc) is 2.39. The van der Waals surface area contributed by atoms with Crippen molar-refractivity contribution in [1.82, 2.24) is 5.32 Å². The number of rotatable bonds is 6. The van der Waals surface area contributed by atoms with Crippen LogP contribution in [0.15, 0.2) is 12.1 Å². The SMILES string of the molecule is COC(=O)CNCc1cc(OC)c(C)cc1OC. The summed E-state index contributed by atoms with van der Waals surface area (Å²) in [6, 6.07) is 3.81. The van der Waals surface area contributed by atoms with Gasteiger partial charge in [-0.05, 0) is 24.6 Å². The van der Waals surface area contributed by atoms with Crippen LogP contribution in [0.25, 0.3) is 0 Å². The Labute approximate surface area is 107 Å². The Hall–Kier alpha value is -1.75. The van der Waals surface area contributed by atoms with Gasteiger partial charge in [0, 0.05) is 12.1 Å². The molecule has 1 aromatic carbocycles. The van der Waals surface area contributed by atoms with Crippen molar-refractivity contribution in [3.05, 3.63) is 23.3 Å². The molecule has 0 aromatic heterocycles. The van der Waals surface area contributed by atoms with Gasteiger partial charge < -0.3 is 19.5 Å². The summed E-state index contributed by atoms with van der Waals surface area (Å²) < 4.78 is 15.1. The highest BCUT2D eigenvalue weighted by Crippen LogP contribution is 2.27. The smallest absolute Gasteiger partial charge is 0.319 e. The van der Waals surface area contributed by atoms with Gasteiger partial charge in [0.15, 0.2) is 0 Å². The molecule has 0 radical (unpaired) electrons. The monoisotopic (exact) mass is 253 g/mol. The molecule has 100 valence electrons. The number of aryl methyl sites for hydroxylation is 1. The Morgan fingerprint density at radius 3 is 2.39 bits per heavy atom. The summed E-state index contributed by atoms with van der Waals surface area (Å²) >= 11 is 0. The number of benzene rings is 1. The van der Waals surface area contributed by atoms with Crippen molar-refractivity contribution < 1.29 is 19.0 Å². The zero-order chi connectivity index (χ0) is 13.5. The highest BCUT2D eigenvalue weighted by atomic mass is 16.5. The molecule has 0 spiro atoms. The topological polar surface area (TPSA) is 56.8 Å².